The number of non-ortho nitro benzene ring substituents is 1. The number of ether oxygens (including phenoxy) is 1. The lowest BCUT2D eigenvalue weighted by Crippen LogP contribution is -2.44. The highest BCUT2D eigenvalue weighted by Crippen LogP contribution is 2.21. The van der Waals surface area contributed by atoms with Crippen molar-refractivity contribution in [2.45, 2.75) is 0 Å². The smallest absolute Gasteiger partial charge is 0.309 e. The van der Waals surface area contributed by atoms with Crippen molar-refractivity contribution >= 4 is 17.5 Å². The molecule has 0 aliphatic rings. The Morgan fingerprint density at radius 3 is 2.35 bits per heavy atom. The lowest BCUT2D eigenvalue weighted by atomic mass is 10.2. The summed E-state index contributed by atoms with van der Waals surface area (Å²) in [5.74, 6) is -0.951. The molecule has 0 saturated carbocycles. The summed E-state index contributed by atoms with van der Waals surface area (Å²) in [6.07, 6.45) is 0. The molecule has 0 saturated heterocycles. The van der Waals surface area contributed by atoms with Gasteiger partial charge in [0.25, 0.3) is 11.6 Å². The molecular weight excluding hydrogens is 440 g/mol. The number of hydrogen-bond acceptors (Lipinski definition) is 7. The Morgan fingerprint density at radius 2 is 1.65 bits per heavy atom. The number of nitrogens with zero attached hydrogens (tertiary/aromatic N) is 4. The van der Waals surface area contributed by atoms with E-state index in [4.69, 9.17) is 4.74 Å². The molecule has 2 amide bonds. The largest absolute Gasteiger partial charge is 0.483 e. The number of benzene rings is 3. The van der Waals surface area contributed by atoms with Crippen molar-refractivity contribution in [2.75, 3.05) is 6.61 Å². The van der Waals surface area contributed by atoms with Gasteiger partial charge in [-0.25, -0.2) is 9.67 Å². The second kappa shape index (κ2) is 10.0. The predicted molar refractivity (Wildman–Crippen MR) is 121 cm³/mol. The van der Waals surface area contributed by atoms with Gasteiger partial charge in [0.15, 0.2) is 12.4 Å². The van der Waals surface area contributed by atoms with Crippen LogP contribution in [-0.2, 0) is 4.79 Å². The molecule has 0 fully saturated rings. The summed E-state index contributed by atoms with van der Waals surface area (Å²) in [6.45, 7) is -0.470. The molecule has 0 radical (unpaired) electrons. The van der Waals surface area contributed by atoms with Crippen LogP contribution in [0.5, 0.6) is 5.75 Å². The number of rotatable bonds is 7. The van der Waals surface area contributed by atoms with Crippen molar-refractivity contribution in [1.82, 2.24) is 25.6 Å². The van der Waals surface area contributed by atoms with Crippen LogP contribution in [0.15, 0.2) is 84.9 Å². The van der Waals surface area contributed by atoms with E-state index in [0.717, 1.165) is 5.56 Å². The molecule has 0 aliphatic heterocycles. The Balaban J connectivity index is 1.43. The van der Waals surface area contributed by atoms with E-state index in [1.165, 1.54) is 28.9 Å². The average molecular weight is 458 g/mol. The average Bonchev–Trinajstić information content (AvgIpc) is 3.33. The fourth-order valence-electron chi connectivity index (χ4n) is 2.99. The highest BCUT2D eigenvalue weighted by atomic mass is 16.6. The monoisotopic (exact) mass is 458 g/mol. The summed E-state index contributed by atoms with van der Waals surface area (Å²) in [4.78, 5) is 39.2. The molecule has 170 valence electrons. The van der Waals surface area contributed by atoms with Gasteiger partial charge in [0.2, 0.25) is 5.82 Å². The van der Waals surface area contributed by atoms with Gasteiger partial charge in [-0.1, -0.05) is 54.6 Å². The maximum absolute atomic E-state index is 12.6. The number of nitrogens with one attached hydrogen (secondary N) is 2. The highest BCUT2D eigenvalue weighted by molar-refractivity contribution is 5.92. The Bertz CT molecular complexity index is 1270. The minimum Gasteiger partial charge on any atom is -0.483 e. The zero-order valence-corrected chi connectivity index (χ0v) is 17.6. The highest BCUT2D eigenvalue weighted by Gasteiger charge is 2.19. The molecule has 0 aliphatic carbocycles. The molecule has 1 aromatic heterocycles. The fraction of sp³-hybridized carbons (Fsp3) is 0.0435. The summed E-state index contributed by atoms with van der Waals surface area (Å²) >= 11 is 0. The van der Waals surface area contributed by atoms with Gasteiger partial charge in [0, 0.05) is 11.6 Å². The van der Waals surface area contributed by atoms with Crippen molar-refractivity contribution in [2.24, 2.45) is 0 Å². The SMILES string of the molecule is O=C(COc1cccc([N+](=O)[O-])c1)NNC(=O)c1nc(-c2ccccc2)n(-c2ccccc2)n1. The van der Waals surface area contributed by atoms with Gasteiger partial charge in [0.1, 0.15) is 5.75 Å². The lowest BCUT2D eigenvalue weighted by Gasteiger charge is -2.07. The van der Waals surface area contributed by atoms with E-state index < -0.39 is 23.3 Å². The van der Waals surface area contributed by atoms with E-state index in [1.807, 2.05) is 60.7 Å². The molecule has 0 unspecified atom stereocenters. The van der Waals surface area contributed by atoms with Crippen LogP contribution >= 0.6 is 0 Å². The van der Waals surface area contributed by atoms with Gasteiger partial charge in [-0.05, 0) is 18.2 Å². The molecular formula is C23H18N6O5. The number of hydrazine groups is 1. The van der Waals surface area contributed by atoms with Gasteiger partial charge in [-0.15, -0.1) is 5.10 Å². The van der Waals surface area contributed by atoms with Crippen LogP contribution < -0.4 is 15.6 Å². The molecule has 4 aromatic rings. The second-order valence-corrected chi connectivity index (χ2v) is 6.92. The summed E-state index contributed by atoms with van der Waals surface area (Å²) in [5, 5.41) is 15.1. The van der Waals surface area contributed by atoms with Gasteiger partial charge in [-0.3, -0.25) is 30.6 Å². The Labute approximate surface area is 193 Å². The van der Waals surface area contributed by atoms with Crippen molar-refractivity contribution in [3.05, 3.63) is 101 Å². The molecule has 1 heterocycles. The third-order valence-electron chi connectivity index (χ3n) is 4.56. The zero-order valence-electron chi connectivity index (χ0n) is 17.6. The molecule has 4 rings (SSSR count). The first kappa shape index (κ1) is 22.1. The van der Waals surface area contributed by atoms with Crippen molar-refractivity contribution in [1.29, 1.82) is 0 Å². The first-order chi connectivity index (χ1) is 16.5. The fourth-order valence-corrected chi connectivity index (χ4v) is 2.99. The summed E-state index contributed by atoms with van der Waals surface area (Å²) in [5.41, 5.74) is 5.75. The number of carbonyl (C=O) groups excluding carboxylic acids is 2. The second-order valence-electron chi connectivity index (χ2n) is 6.92. The van der Waals surface area contributed by atoms with Crippen LogP contribution in [0.3, 0.4) is 0 Å². The first-order valence-corrected chi connectivity index (χ1v) is 10.1. The van der Waals surface area contributed by atoms with E-state index in [-0.39, 0.29) is 17.3 Å². The Morgan fingerprint density at radius 1 is 0.941 bits per heavy atom. The Hall–Kier alpha value is -5.06. The van der Waals surface area contributed by atoms with E-state index in [1.54, 1.807) is 0 Å². The summed E-state index contributed by atoms with van der Waals surface area (Å²) in [6, 6.07) is 23.9. The van der Waals surface area contributed by atoms with Gasteiger partial charge in [0.05, 0.1) is 16.7 Å². The van der Waals surface area contributed by atoms with Crippen molar-refractivity contribution in [3.8, 4) is 22.8 Å². The lowest BCUT2D eigenvalue weighted by molar-refractivity contribution is -0.384. The number of nitro benzene ring substituents is 1. The van der Waals surface area contributed by atoms with E-state index >= 15 is 0 Å². The first-order valence-electron chi connectivity index (χ1n) is 10.1. The number of nitro groups is 1. The van der Waals surface area contributed by atoms with Crippen LogP contribution in [-0.4, -0.2) is 38.1 Å². The Kier molecular flexibility index (Phi) is 6.54. The van der Waals surface area contributed by atoms with Crippen LogP contribution in [0.1, 0.15) is 10.6 Å². The van der Waals surface area contributed by atoms with E-state index in [9.17, 15) is 19.7 Å². The third kappa shape index (κ3) is 5.22. The number of para-hydroxylation sites is 1. The van der Waals surface area contributed by atoms with Crippen LogP contribution in [0.4, 0.5) is 5.69 Å². The van der Waals surface area contributed by atoms with Gasteiger partial charge >= 0.3 is 5.91 Å². The van der Waals surface area contributed by atoms with E-state index in [2.05, 4.69) is 20.9 Å². The molecule has 11 nitrogen and oxygen atoms in total. The van der Waals surface area contributed by atoms with Crippen molar-refractivity contribution in [3.63, 3.8) is 0 Å². The number of aromatic nitrogens is 3. The normalized spacial score (nSPS) is 10.4. The predicted octanol–water partition coefficient (Wildman–Crippen LogP) is 2.68. The maximum Gasteiger partial charge on any atom is 0.309 e. The molecule has 11 heteroatoms. The number of amides is 2. The van der Waals surface area contributed by atoms with Crippen LogP contribution in [0, 0.1) is 10.1 Å². The molecule has 0 bridgehead atoms. The molecule has 34 heavy (non-hydrogen) atoms. The van der Waals surface area contributed by atoms with Crippen molar-refractivity contribution < 1.29 is 19.2 Å². The molecule has 3 aromatic carbocycles. The molecule has 2 N–H and O–H groups in total. The minimum atomic E-state index is -0.726. The topological polar surface area (TPSA) is 141 Å². The van der Waals surface area contributed by atoms with Gasteiger partial charge in [-0.2, -0.15) is 0 Å². The zero-order chi connectivity index (χ0) is 23.9. The molecule has 0 spiro atoms. The molecule has 0 atom stereocenters. The van der Waals surface area contributed by atoms with Gasteiger partial charge < -0.3 is 4.74 Å². The van der Waals surface area contributed by atoms with Crippen LogP contribution in [0.25, 0.3) is 17.1 Å². The summed E-state index contributed by atoms with van der Waals surface area (Å²) < 4.78 is 6.77. The standard InChI is InChI=1S/C23H18N6O5/c30-20(15-34-19-13-7-12-18(14-19)29(32)33)25-26-23(31)21-24-22(16-8-3-1-4-9-16)28(27-21)17-10-5-2-6-11-17/h1-14H,15H2,(H,25,30)(H,26,31). The summed E-state index contributed by atoms with van der Waals surface area (Å²) in [7, 11) is 0. The quantitative estimate of drug-likeness (QED) is 0.320. The minimum absolute atomic E-state index is 0.145. The number of carbonyl (C=O) groups is 2. The van der Waals surface area contributed by atoms with Crippen LogP contribution in [0.2, 0.25) is 0 Å². The maximum atomic E-state index is 12.6. The van der Waals surface area contributed by atoms with E-state index in [0.29, 0.717) is 11.5 Å². The third-order valence-corrected chi connectivity index (χ3v) is 4.56. The number of hydrogen-bond donors (Lipinski definition) is 2.